The summed E-state index contributed by atoms with van der Waals surface area (Å²) in [6.07, 6.45) is 7.82. The third-order valence-electron chi connectivity index (χ3n) is 13.1. The fourth-order valence-electron chi connectivity index (χ4n) is 9.06. The first-order valence-corrected chi connectivity index (χ1v) is 24.5. The van der Waals surface area contributed by atoms with Crippen LogP contribution in [0.3, 0.4) is 0 Å². The van der Waals surface area contributed by atoms with Crippen LogP contribution < -0.4 is 15.5 Å². The molecule has 3 N–H and O–H groups in total. The summed E-state index contributed by atoms with van der Waals surface area (Å²) in [5, 5.41) is 15.0. The number of carbonyl (C=O) groups excluding carboxylic acids is 4. The van der Waals surface area contributed by atoms with Crippen LogP contribution in [-0.4, -0.2) is 167 Å². The zero-order valence-corrected chi connectivity index (χ0v) is 40.4. The first-order valence-electron chi connectivity index (χ1n) is 24.5. The lowest BCUT2D eigenvalue weighted by Crippen LogP contribution is -2.56. The molecule has 1 aromatic heterocycles. The van der Waals surface area contributed by atoms with Gasteiger partial charge in [-0.25, -0.2) is 0 Å². The molecule has 2 fully saturated rings. The van der Waals surface area contributed by atoms with E-state index in [-0.39, 0.29) is 43.4 Å². The van der Waals surface area contributed by atoms with Gasteiger partial charge in [0.05, 0.1) is 76.7 Å². The molecule has 0 spiro atoms. The molecular formula is C53H67N7O10. The minimum atomic E-state index is -0.909. The molecule has 0 radical (unpaired) electrons. The normalized spacial score (nSPS) is 17.0. The van der Waals surface area contributed by atoms with Gasteiger partial charge in [0.2, 0.25) is 5.91 Å². The van der Waals surface area contributed by atoms with E-state index in [2.05, 4.69) is 27.7 Å². The molecule has 2 atom stereocenters. The number of benzene rings is 3. The first-order chi connectivity index (χ1) is 34.0. The molecule has 3 aliphatic rings. The van der Waals surface area contributed by atoms with Gasteiger partial charge in [-0.1, -0.05) is 30.3 Å². The fourth-order valence-corrected chi connectivity index (χ4v) is 9.06. The molecule has 4 aromatic rings. The number of aryl methyl sites for hydroxylation is 1. The van der Waals surface area contributed by atoms with E-state index in [1.807, 2.05) is 35.2 Å². The van der Waals surface area contributed by atoms with Crippen molar-refractivity contribution in [2.24, 2.45) is 0 Å². The zero-order valence-electron chi connectivity index (χ0n) is 40.4. The number of fused-ring (bicyclic) bond motifs is 1. The van der Waals surface area contributed by atoms with Gasteiger partial charge in [0.25, 0.3) is 17.7 Å². The lowest BCUT2D eigenvalue weighted by Gasteiger charge is -2.37. The number of likely N-dealkylation sites (N-methyl/N-ethyl adjacent to an activating group) is 2. The van der Waals surface area contributed by atoms with Gasteiger partial charge in [-0.15, -0.1) is 0 Å². The number of piperidine rings is 1. The average molecular weight is 962 g/mol. The topological polar surface area (TPSA) is 192 Å². The van der Waals surface area contributed by atoms with Crippen molar-refractivity contribution in [2.45, 2.75) is 57.0 Å². The van der Waals surface area contributed by atoms with E-state index in [0.717, 1.165) is 56.4 Å². The van der Waals surface area contributed by atoms with Crippen LogP contribution in [0.4, 0.5) is 11.4 Å². The van der Waals surface area contributed by atoms with E-state index < -0.39 is 17.9 Å². The molecule has 0 saturated carbocycles. The van der Waals surface area contributed by atoms with Crippen molar-refractivity contribution in [2.75, 3.05) is 116 Å². The highest BCUT2D eigenvalue weighted by Crippen LogP contribution is 2.34. The lowest BCUT2D eigenvalue weighted by molar-refractivity contribution is -0.142. The van der Waals surface area contributed by atoms with Crippen molar-refractivity contribution in [3.63, 3.8) is 0 Å². The molecule has 2 unspecified atom stereocenters. The number of pyridine rings is 1. The van der Waals surface area contributed by atoms with Crippen molar-refractivity contribution >= 4 is 41.0 Å². The highest BCUT2D eigenvalue weighted by Gasteiger charge is 2.32. The Morgan fingerprint density at radius 2 is 1.50 bits per heavy atom. The Morgan fingerprint density at radius 3 is 2.30 bits per heavy atom. The summed E-state index contributed by atoms with van der Waals surface area (Å²) in [7, 11) is 3.43. The minimum absolute atomic E-state index is 0.0499. The van der Waals surface area contributed by atoms with Crippen LogP contribution in [-0.2, 0) is 35.0 Å². The number of carboxylic acids is 1. The van der Waals surface area contributed by atoms with E-state index >= 15 is 0 Å². The van der Waals surface area contributed by atoms with E-state index in [1.165, 1.54) is 12.0 Å². The largest absolute Gasteiger partial charge is 0.481 e. The number of carboxylic acid groups (broad SMARTS) is 1. The molecule has 17 nitrogen and oxygen atoms in total. The third kappa shape index (κ3) is 14.4. The molecule has 2 saturated heterocycles. The summed E-state index contributed by atoms with van der Waals surface area (Å²) < 4.78 is 22.0. The summed E-state index contributed by atoms with van der Waals surface area (Å²) in [5.41, 5.74) is 6.32. The number of carbonyl (C=O) groups is 5. The van der Waals surface area contributed by atoms with Crippen LogP contribution >= 0.6 is 0 Å². The van der Waals surface area contributed by atoms with Crippen LogP contribution in [0.2, 0.25) is 0 Å². The third-order valence-corrected chi connectivity index (χ3v) is 13.1. The maximum absolute atomic E-state index is 14.1. The monoisotopic (exact) mass is 961 g/mol. The molecular weight excluding hydrogens is 895 g/mol. The number of morpholine rings is 1. The summed E-state index contributed by atoms with van der Waals surface area (Å²) in [4.78, 5) is 78.1. The quantitative estimate of drug-likeness (QED) is 0.0785. The summed E-state index contributed by atoms with van der Waals surface area (Å²) in [6, 6.07) is 23.7. The van der Waals surface area contributed by atoms with E-state index in [4.69, 9.17) is 29.0 Å². The fraction of sp³-hybridized carbons (Fsp3) is 0.472. The predicted molar refractivity (Wildman–Crippen MR) is 265 cm³/mol. The maximum atomic E-state index is 14.1. The number of hydrogen-bond donors (Lipinski definition) is 3. The molecule has 4 amide bonds. The van der Waals surface area contributed by atoms with Gasteiger partial charge in [0, 0.05) is 87.5 Å². The van der Waals surface area contributed by atoms with Gasteiger partial charge in [-0.2, -0.15) is 0 Å². The van der Waals surface area contributed by atoms with Crippen LogP contribution in [0.15, 0.2) is 85.1 Å². The SMILES string of the molecule is CN(CCN1CCOCC1C(=O)N(C)CCOCCOCCOCCC(=O)O)C(=O)c1cccc(C(=O)Nc2ccc(N3CCCCC3)cc2-c2cc(C(=O)NC3CCCc4ccccc43)ccn2)c1. The Kier molecular flexibility index (Phi) is 19.2. The predicted octanol–water partition coefficient (Wildman–Crippen LogP) is 5.55. The van der Waals surface area contributed by atoms with Crippen molar-refractivity contribution in [3.8, 4) is 11.3 Å². The van der Waals surface area contributed by atoms with Crippen molar-refractivity contribution in [1.29, 1.82) is 0 Å². The second kappa shape index (κ2) is 26.1. The average Bonchev–Trinajstić information content (AvgIpc) is 3.39. The van der Waals surface area contributed by atoms with Gasteiger partial charge >= 0.3 is 5.97 Å². The smallest absolute Gasteiger partial charge is 0.305 e. The lowest BCUT2D eigenvalue weighted by atomic mass is 9.87. The molecule has 70 heavy (non-hydrogen) atoms. The molecule has 1 aliphatic carbocycles. The van der Waals surface area contributed by atoms with Crippen LogP contribution in [0.1, 0.15) is 86.8 Å². The summed E-state index contributed by atoms with van der Waals surface area (Å²) >= 11 is 0. The number of amides is 4. The molecule has 17 heteroatoms. The van der Waals surface area contributed by atoms with Crippen LogP contribution in [0.5, 0.6) is 0 Å². The number of anilines is 2. The van der Waals surface area contributed by atoms with E-state index in [0.29, 0.717) is 99.5 Å². The molecule has 7 rings (SSSR count). The second-order valence-corrected chi connectivity index (χ2v) is 18.0. The number of aliphatic carboxylic acids is 1. The number of ether oxygens (including phenoxy) is 4. The number of aromatic nitrogens is 1. The number of rotatable bonds is 23. The van der Waals surface area contributed by atoms with Gasteiger partial charge in [-0.05, 0) is 98.2 Å². The zero-order chi connectivity index (χ0) is 49.2. The van der Waals surface area contributed by atoms with Crippen molar-refractivity contribution in [1.82, 2.24) is 25.0 Å². The maximum Gasteiger partial charge on any atom is 0.305 e. The Morgan fingerprint density at radius 1 is 0.757 bits per heavy atom. The van der Waals surface area contributed by atoms with Gasteiger partial charge in [-0.3, -0.25) is 33.9 Å². The highest BCUT2D eigenvalue weighted by molar-refractivity contribution is 6.08. The Balaban J connectivity index is 0.945. The van der Waals surface area contributed by atoms with Gasteiger partial charge in [0.15, 0.2) is 0 Å². The number of nitrogens with zero attached hydrogens (tertiary/aromatic N) is 5. The number of hydrogen-bond acceptors (Lipinski definition) is 12. The standard InChI is InChI=1S/C53H67N7O10/c1-57(23-24-60-26-29-70-37-48(60)53(66)58(2)25-28-68-31-33-69-32-30-67-27-19-49(61)62)52(65)41-13-8-12-39(34-41)50(63)56-46-17-16-42(59-21-6-3-7-22-59)36-44(46)47-35-40(18-20-54-47)51(64)55-45-15-9-11-38-10-4-5-14-43(38)45/h4-5,8,10,12-14,16-18,20,34-36,45,48H,3,6-7,9,11,15,19,21-33,37H2,1-2H3,(H,55,64)(H,56,63)(H,61,62). The Hall–Kier alpha value is -6.24. The molecule has 0 bridgehead atoms. The number of nitrogens with one attached hydrogen (secondary N) is 2. The van der Waals surface area contributed by atoms with Crippen LogP contribution in [0, 0.1) is 0 Å². The molecule has 374 valence electrons. The first kappa shape index (κ1) is 51.6. The second-order valence-electron chi connectivity index (χ2n) is 18.0. The highest BCUT2D eigenvalue weighted by atomic mass is 16.5. The van der Waals surface area contributed by atoms with Gasteiger partial charge < -0.3 is 49.4 Å². The minimum Gasteiger partial charge on any atom is -0.481 e. The summed E-state index contributed by atoms with van der Waals surface area (Å²) in [5.74, 6) is -1.87. The van der Waals surface area contributed by atoms with Gasteiger partial charge in [0.1, 0.15) is 6.04 Å². The van der Waals surface area contributed by atoms with E-state index in [9.17, 15) is 24.0 Å². The van der Waals surface area contributed by atoms with Crippen molar-refractivity contribution in [3.05, 3.63) is 113 Å². The van der Waals surface area contributed by atoms with E-state index in [1.54, 1.807) is 66.5 Å². The van der Waals surface area contributed by atoms with Crippen LogP contribution in [0.25, 0.3) is 11.3 Å². The molecule has 3 heterocycles. The van der Waals surface area contributed by atoms with Crippen molar-refractivity contribution < 1.29 is 48.0 Å². The molecule has 3 aromatic carbocycles. The Labute approximate surface area is 410 Å². The molecule has 2 aliphatic heterocycles. The summed E-state index contributed by atoms with van der Waals surface area (Å²) in [6.45, 7) is 5.98. The Bertz CT molecular complexity index is 2410.